The van der Waals surface area contributed by atoms with Gasteiger partial charge in [0.25, 0.3) is 5.69 Å². The molecule has 98 valence electrons. The molecular formula is C13H17FN2O2. The number of piperidine rings is 1. The van der Waals surface area contributed by atoms with Crippen LogP contribution in [0.1, 0.15) is 26.2 Å². The predicted molar refractivity (Wildman–Crippen MR) is 68.3 cm³/mol. The predicted octanol–water partition coefficient (Wildman–Crippen LogP) is 3.36. The smallest absolute Gasteiger partial charge is 0.292 e. The van der Waals surface area contributed by atoms with Crippen LogP contribution >= 0.6 is 0 Å². The highest BCUT2D eigenvalue weighted by Crippen LogP contribution is 2.32. The van der Waals surface area contributed by atoms with E-state index < -0.39 is 10.7 Å². The normalized spacial score (nSPS) is 19.9. The molecule has 2 rings (SSSR count). The van der Waals surface area contributed by atoms with Crippen LogP contribution < -0.4 is 4.90 Å². The van der Waals surface area contributed by atoms with Gasteiger partial charge in [0.1, 0.15) is 11.5 Å². The van der Waals surface area contributed by atoms with Crippen molar-refractivity contribution in [2.24, 2.45) is 5.92 Å². The number of nitro benzene ring substituents is 1. The van der Waals surface area contributed by atoms with Gasteiger partial charge in [-0.3, -0.25) is 10.1 Å². The number of rotatable bonds is 3. The summed E-state index contributed by atoms with van der Waals surface area (Å²) in [5, 5.41) is 11.0. The quantitative estimate of drug-likeness (QED) is 0.612. The van der Waals surface area contributed by atoms with Crippen LogP contribution in [0.4, 0.5) is 15.8 Å². The first kappa shape index (κ1) is 12.8. The van der Waals surface area contributed by atoms with E-state index >= 15 is 0 Å². The van der Waals surface area contributed by atoms with Crippen LogP contribution in [-0.2, 0) is 0 Å². The lowest BCUT2D eigenvalue weighted by Gasteiger charge is -2.33. The van der Waals surface area contributed by atoms with Crippen LogP contribution in [0.2, 0.25) is 0 Å². The Hall–Kier alpha value is -1.65. The zero-order valence-electron chi connectivity index (χ0n) is 10.4. The Morgan fingerprint density at radius 2 is 2.33 bits per heavy atom. The molecule has 5 heteroatoms. The van der Waals surface area contributed by atoms with Crippen LogP contribution in [-0.4, -0.2) is 18.0 Å². The molecule has 1 aromatic rings. The summed E-state index contributed by atoms with van der Waals surface area (Å²) in [5.41, 5.74) is 0.409. The largest absolute Gasteiger partial charge is 0.366 e. The molecule has 1 fully saturated rings. The molecule has 0 amide bonds. The zero-order chi connectivity index (χ0) is 13.1. The second-order valence-electron chi connectivity index (χ2n) is 4.75. The maximum absolute atomic E-state index is 13.3. The summed E-state index contributed by atoms with van der Waals surface area (Å²) < 4.78 is 13.3. The van der Waals surface area contributed by atoms with Gasteiger partial charge in [-0.05, 0) is 24.8 Å². The summed E-state index contributed by atoms with van der Waals surface area (Å²) in [5.74, 6) is 0.121. The number of nitro groups is 1. The van der Waals surface area contributed by atoms with Crippen LogP contribution in [0.15, 0.2) is 18.2 Å². The lowest BCUT2D eigenvalue weighted by atomic mass is 9.95. The van der Waals surface area contributed by atoms with Crippen LogP contribution in [0.3, 0.4) is 0 Å². The van der Waals surface area contributed by atoms with Gasteiger partial charge >= 0.3 is 0 Å². The Morgan fingerprint density at radius 1 is 1.56 bits per heavy atom. The highest BCUT2D eigenvalue weighted by molar-refractivity contribution is 5.63. The molecule has 0 bridgehead atoms. The van der Waals surface area contributed by atoms with E-state index in [0.717, 1.165) is 38.4 Å². The third-order valence-corrected chi connectivity index (χ3v) is 3.57. The molecule has 0 aliphatic carbocycles. The lowest BCUT2D eigenvalue weighted by molar-refractivity contribution is -0.384. The van der Waals surface area contributed by atoms with E-state index in [4.69, 9.17) is 0 Å². The molecule has 1 saturated heterocycles. The molecule has 0 aromatic heterocycles. The Balaban J connectivity index is 2.31. The van der Waals surface area contributed by atoms with Gasteiger partial charge in [0, 0.05) is 25.2 Å². The van der Waals surface area contributed by atoms with E-state index in [9.17, 15) is 14.5 Å². The maximum atomic E-state index is 13.3. The van der Waals surface area contributed by atoms with Crippen molar-refractivity contribution in [1.82, 2.24) is 0 Å². The topological polar surface area (TPSA) is 46.4 Å². The summed E-state index contributed by atoms with van der Waals surface area (Å²) in [4.78, 5) is 12.5. The van der Waals surface area contributed by atoms with Crippen molar-refractivity contribution in [3.05, 3.63) is 34.1 Å². The van der Waals surface area contributed by atoms with E-state index in [2.05, 4.69) is 6.92 Å². The second-order valence-corrected chi connectivity index (χ2v) is 4.75. The third-order valence-electron chi connectivity index (χ3n) is 3.57. The molecule has 1 unspecified atom stereocenters. The third kappa shape index (κ3) is 2.60. The van der Waals surface area contributed by atoms with Gasteiger partial charge < -0.3 is 4.90 Å². The number of hydrogen-bond acceptors (Lipinski definition) is 3. The zero-order valence-corrected chi connectivity index (χ0v) is 10.4. The minimum absolute atomic E-state index is 0.00634. The fraction of sp³-hybridized carbons (Fsp3) is 0.538. The Bertz CT molecular complexity index is 451. The SMILES string of the molecule is CCC1CCCN(c2cc(F)ccc2[N+](=O)[O-])C1. The second kappa shape index (κ2) is 5.33. The van der Waals surface area contributed by atoms with Crippen molar-refractivity contribution in [2.75, 3.05) is 18.0 Å². The van der Waals surface area contributed by atoms with E-state index in [1.165, 1.54) is 12.1 Å². The van der Waals surface area contributed by atoms with Crippen molar-refractivity contribution < 1.29 is 9.31 Å². The fourth-order valence-corrected chi connectivity index (χ4v) is 2.52. The van der Waals surface area contributed by atoms with Gasteiger partial charge in [0.05, 0.1) is 4.92 Å². The van der Waals surface area contributed by atoms with Crippen LogP contribution in [0.25, 0.3) is 0 Å². The standard InChI is InChI=1S/C13H17FN2O2/c1-2-10-4-3-7-15(9-10)13-8-11(14)5-6-12(13)16(17)18/h5-6,8,10H,2-4,7,9H2,1H3. The molecule has 1 heterocycles. The van der Waals surface area contributed by atoms with Crippen LogP contribution in [0, 0.1) is 21.8 Å². The molecule has 0 saturated carbocycles. The van der Waals surface area contributed by atoms with Gasteiger partial charge in [-0.15, -0.1) is 0 Å². The van der Waals surface area contributed by atoms with E-state index in [1.54, 1.807) is 0 Å². The van der Waals surface area contributed by atoms with E-state index in [1.807, 2.05) is 4.90 Å². The molecule has 1 aliphatic heterocycles. The van der Waals surface area contributed by atoms with Gasteiger partial charge in [0.2, 0.25) is 0 Å². The Kier molecular flexibility index (Phi) is 3.79. The first-order valence-corrected chi connectivity index (χ1v) is 6.30. The molecule has 1 atom stereocenters. The van der Waals surface area contributed by atoms with Gasteiger partial charge in [0.15, 0.2) is 0 Å². The summed E-state index contributed by atoms with van der Waals surface area (Å²) in [6, 6.07) is 3.67. The molecule has 0 radical (unpaired) electrons. The van der Waals surface area contributed by atoms with Gasteiger partial charge in [-0.1, -0.05) is 13.3 Å². The number of halogens is 1. The number of nitrogens with zero attached hydrogens (tertiary/aromatic N) is 2. The van der Waals surface area contributed by atoms with E-state index in [-0.39, 0.29) is 5.69 Å². The van der Waals surface area contributed by atoms with Crippen LogP contribution in [0.5, 0.6) is 0 Å². The highest BCUT2D eigenvalue weighted by Gasteiger charge is 2.25. The first-order chi connectivity index (χ1) is 8.61. The van der Waals surface area contributed by atoms with Crippen molar-refractivity contribution in [3.8, 4) is 0 Å². The maximum Gasteiger partial charge on any atom is 0.292 e. The van der Waals surface area contributed by atoms with Crippen molar-refractivity contribution in [1.29, 1.82) is 0 Å². The minimum Gasteiger partial charge on any atom is -0.366 e. The number of benzene rings is 1. The summed E-state index contributed by atoms with van der Waals surface area (Å²) in [6.07, 6.45) is 3.21. The summed E-state index contributed by atoms with van der Waals surface area (Å²) in [7, 11) is 0. The minimum atomic E-state index is -0.440. The molecule has 0 spiro atoms. The molecule has 0 N–H and O–H groups in total. The molecule has 1 aromatic carbocycles. The molecular weight excluding hydrogens is 235 g/mol. The Morgan fingerprint density at radius 3 is 3.00 bits per heavy atom. The fourth-order valence-electron chi connectivity index (χ4n) is 2.52. The van der Waals surface area contributed by atoms with Gasteiger partial charge in [-0.2, -0.15) is 0 Å². The highest BCUT2D eigenvalue weighted by atomic mass is 19.1. The molecule has 4 nitrogen and oxygen atoms in total. The van der Waals surface area contributed by atoms with Crippen molar-refractivity contribution in [2.45, 2.75) is 26.2 Å². The molecule has 18 heavy (non-hydrogen) atoms. The number of hydrogen-bond donors (Lipinski definition) is 0. The average Bonchev–Trinajstić information content (AvgIpc) is 2.38. The van der Waals surface area contributed by atoms with Crippen molar-refractivity contribution in [3.63, 3.8) is 0 Å². The van der Waals surface area contributed by atoms with Gasteiger partial charge in [-0.25, -0.2) is 4.39 Å². The van der Waals surface area contributed by atoms with E-state index in [0.29, 0.717) is 11.6 Å². The average molecular weight is 252 g/mol. The number of anilines is 1. The monoisotopic (exact) mass is 252 g/mol. The Labute approximate surface area is 106 Å². The summed E-state index contributed by atoms with van der Waals surface area (Å²) >= 11 is 0. The molecule has 1 aliphatic rings. The lowest BCUT2D eigenvalue weighted by Crippen LogP contribution is -2.35. The van der Waals surface area contributed by atoms with Crippen molar-refractivity contribution >= 4 is 11.4 Å². The summed E-state index contributed by atoms with van der Waals surface area (Å²) in [6.45, 7) is 3.66. The first-order valence-electron chi connectivity index (χ1n) is 6.30.